The van der Waals surface area contributed by atoms with Gasteiger partial charge >= 0.3 is 0 Å². The van der Waals surface area contributed by atoms with Crippen LogP contribution in [-0.2, 0) is 6.54 Å². The van der Waals surface area contributed by atoms with Gasteiger partial charge in [-0.2, -0.15) is 9.50 Å². The Morgan fingerprint density at radius 1 is 1.10 bits per heavy atom. The van der Waals surface area contributed by atoms with Gasteiger partial charge in [-0.1, -0.05) is 23.7 Å². The van der Waals surface area contributed by atoms with E-state index in [-0.39, 0.29) is 29.4 Å². The molecule has 0 unspecified atom stereocenters. The van der Waals surface area contributed by atoms with Gasteiger partial charge in [0.15, 0.2) is 0 Å². The molecular formula is C21H17ClFN5O2. The zero-order chi connectivity index (χ0) is 21.4. The van der Waals surface area contributed by atoms with Gasteiger partial charge in [-0.3, -0.25) is 19.6 Å². The minimum Gasteiger partial charge on any atom is -0.272 e. The average molecular weight is 426 g/mol. The number of rotatable bonds is 4. The highest BCUT2D eigenvalue weighted by molar-refractivity contribution is 6.30. The second-order valence-corrected chi connectivity index (χ2v) is 7.27. The van der Waals surface area contributed by atoms with Gasteiger partial charge in [-0.25, -0.2) is 9.37 Å². The quantitative estimate of drug-likeness (QED) is 0.540. The molecule has 2 heterocycles. The zero-order valence-corrected chi connectivity index (χ0v) is 16.9. The van der Waals surface area contributed by atoms with Crippen molar-refractivity contribution in [2.45, 2.75) is 20.4 Å². The van der Waals surface area contributed by atoms with E-state index in [1.54, 1.807) is 38.1 Å². The largest absolute Gasteiger partial charge is 0.277 e. The third-order valence-electron chi connectivity index (χ3n) is 4.80. The summed E-state index contributed by atoms with van der Waals surface area (Å²) in [7, 11) is 0. The zero-order valence-electron chi connectivity index (χ0n) is 16.2. The Kier molecular flexibility index (Phi) is 5.09. The molecule has 1 N–H and O–H groups in total. The topological polar surface area (TPSA) is 83.4 Å². The van der Waals surface area contributed by atoms with Crippen molar-refractivity contribution in [2.24, 2.45) is 0 Å². The molecule has 4 rings (SSSR count). The fraction of sp³-hybridized carbons (Fsp3) is 0.143. The molecule has 0 aliphatic carbocycles. The van der Waals surface area contributed by atoms with E-state index in [0.29, 0.717) is 16.3 Å². The van der Waals surface area contributed by atoms with Gasteiger partial charge in [0.1, 0.15) is 5.82 Å². The fourth-order valence-corrected chi connectivity index (χ4v) is 3.10. The molecule has 0 saturated heterocycles. The van der Waals surface area contributed by atoms with Crippen molar-refractivity contribution in [1.82, 2.24) is 19.6 Å². The van der Waals surface area contributed by atoms with Crippen molar-refractivity contribution in [1.29, 1.82) is 0 Å². The Hall–Kier alpha value is -3.52. The molecule has 0 atom stereocenters. The monoisotopic (exact) mass is 425 g/mol. The van der Waals surface area contributed by atoms with E-state index in [0.717, 1.165) is 5.56 Å². The SMILES string of the molecule is Cc1nc2nc(N(Cc3ccc(Cl)cc3)C(=O)c3ccc(F)cc3)[nH]n2c(=O)c1C. The molecule has 0 fully saturated rings. The molecule has 7 nitrogen and oxygen atoms in total. The highest BCUT2D eigenvalue weighted by Gasteiger charge is 2.23. The number of fused-ring (bicyclic) bond motifs is 1. The predicted octanol–water partition coefficient (Wildman–Crippen LogP) is 3.67. The number of aromatic amines is 1. The van der Waals surface area contributed by atoms with Gasteiger partial charge in [0.2, 0.25) is 5.95 Å². The second kappa shape index (κ2) is 7.72. The summed E-state index contributed by atoms with van der Waals surface area (Å²) in [6.07, 6.45) is 0. The van der Waals surface area contributed by atoms with Crippen LogP contribution in [0, 0.1) is 19.7 Å². The lowest BCUT2D eigenvalue weighted by atomic mass is 10.1. The van der Waals surface area contributed by atoms with Crippen LogP contribution in [0.4, 0.5) is 10.3 Å². The van der Waals surface area contributed by atoms with E-state index in [9.17, 15) is 14.0 Å². The van der Waals surface area contributed by atoms with Crippen molar-refractivity contribution in [3.63, 3.8) is 0 Å². The average Bonchev–Trinajstić information content (AvgIpc) is 3.15. The summed E-state index contributed by atoms with van der Waals surface area (Å²) < 4.78 is 14.5. The first kappa shape index (κ1) is 19.8. The number of aryl methyl sites for hydroxylation is 1. The summed E-state index contributed by atoms with van der Waals surface area (Å²) >= 11 is 5.96. The summed E-state index contributed by atoms with van der Waals surface area (Å²) in [4.78, 5) is 35.8. The number of hydrogen-bond acceptors (Lipinski definition) is 4. The van der Waals surface area contributed by atoms with Crippen LogP contribution in [0.2, 0.25) is 5.02 Å². The van der Waals surface area contributed by atoms with E-state index in [2.05, 4.69) is 15.1 Å². The maximum Gasteiger partial charge on any atom is 0.277 e. The van der Waals surface area contributed by atoms with Gasteiger partial charge in [0, 0.05) is 21.8 Å². The molecule has 2 aromatic heterocycles. The molecule has 0 bridgehead atoms. The molecule has 152 valence electrons. The standard InChI is InChI=1S/C21H17ClFN5O2/c1-12-13(2)24-20-25-21(26-28(20)18(12)29)27(11-14-3-7-16(22)8-4-14)19(30)15-5-9-17(23)10-6-15/h3-10H,11H2,1-2H3,(H,24,25,26). The first-order valence-corrected chi connectivity index (χ1v) is 9.49. The van der Waals surface area contributed by atoms with Crippen LogP contribution >= 0.6 is 11.6 Å². The molecule has 0 radical (unpaired) electrons. The number of amides is 1. The second-order valence-electron chi connectivity index (χ2n) is 6.83. The Bertz CT molecular complexity index is 1300. The molecule has 0 saturated carbocycles. The number of benzene rings is 2. The number of aromatic nitrogens is 4. The molecule has 2 aromatic carbocycles. The Balaban J connectivity index is 1.82. The molecule has 0 aliphatic heterocycles. The fourth-order valence-electron chi connectivity index (χ4n) is 2.98. The number of carbonyl (C=O) groups excluding carboxylic acids is 1. The van der Waals surface area contributed by atoms with Crippen LogP contribution in [0.3, 0.4) is 0 Å². The van der Waals surface area contributed by atoms with Gasteiger partial charge in [-0.15, -0.1) is 0 Å². The summed E-state index contributed by atoms with van der Waals surface area (Å²) in [5.41, 5.74) is 1.82. The molecule has 0 spiro atoms. The van der Waals surface area contributed by atoms with E-state index < -0.39 is 11.7 Å². The maximum atomic E-state index is 13.3. The summed E-state index contributed by atoms with van der Waals surface area (Å²) in [5.74, 6) is -0.549. The van der Waals surface area contributed by atoms with Crippen LogP contribution in [0.5, 0.6) is 0 Å². The van der Waals surface area contributed by atoms with Gasteiger partial charge in [0.25, 0.3) is 17.2 Å². The van der Waals surface area contributed by atoms with Crippen molar-refractivity contribution < 1.29 is 9.18 Å². The van der Waals surface area contributed by atoms with Crippen LogP contribution in [0.1, 0.15) is 27.2 Å². The number of nitrogens with zero attached hydrogens (tertiary/aromatic N) is 4. The summed E-state index contributed by atoms with van der Waals surface area (Å²) in [6, 6.07) is 12.2. The first-order chi connectivity index (χ1) is 14.3. The number of anilines is 1. The highest BCUT2D eigenvalue weighted by atomic mass is 35.5. The Morgan fingerprint density at radius 3 is 2.43 bits per heavy atom. The third-order valence-corrected chi connectivity index (χ3v) is 5.05. The number of nitrogens with one attached hydrogen (secondary N) is 1. The molecule has 30 heavy (non-hydrogen) atoms. The van der Waals surface area contributed by atoms with Crippen LogP contribution in [0.25, 0.3) is 5.78 Å². The van der Waals surface area contributed by atoms with Gasteiger partial charge < -0.3 is 0 Å². The minimum atomic E-state index is -0.443. The maximum absolute atomic E-state index is 13.3. The molecule has 1 amide bonds. The Labute approximate surface area is 175 Å². The van der Waals surface area contributed by atoms with Gasteiger partial charge in [-0.05, 0) is 55.8 Å². The predicted molar refractivity (Wildman–Crippen MR) is 111 cm³/mol. The lowest BCUT2D eigenvalue weighted by Gasteiger charge is -2.20. The van der Waals surface area contributed by atoms with Crippen LogP contribution < -0.4 is 10.5 Å². The van der Waals surface area contributed by atoms with Crippen molar-refractivity contribution in [3.8, 4) is 0 Å². The molecule has 9 heteroatoms. The van der Waals surface area contributed by atoms with Crippen LogP contribution in [0.15, 0.2) is 53.3 Å². The number of halogens is 2. The van der Waals surface area contributed by atoms with E-state index in [4.69, 9.17) is 11.6 Å². The molecular weight excluding hydrogens is 409 g/mol. The lowest BCUT2D eigenvalue weighted by molar-refractivity contribution is 0.0983. The third kappa shape index (κ3) is 3.69. The van der Waals surface area contributed by atoms with E-state index >= 15 is 0 Å². The van der Waals surface area contributed by atoms with Crippen molar-refractivity contribution in [2.75, 3.05) is 4.90 Å². The smallest absolute Gasteiger partial charge is 0.272 e. The molecule has 0 aliphatic rings. The number of hydrogen-bond donors (Lipinski definition) is 1. The highest BCUT2D eigenvalue weighted by Crippen LogP contribution is 2.19. The summed E-state index contributed by atoms with van der Waals surface area (Å²) in [5, 5.41) is 3.43. The molecule has 4 aromatic rings. The summed E-state index contributed by atoms with van der Waals surface area (Å²) in [6.45, 7) is 3.55. The van der Waals surface area contributed by atoms with Crippen molar-refractivity contribution in [3.05, 3.63) is 92.1 Å². The number of H-pyrrole nitrogens is 1. The van der Waals surface area contributed by atoms with E-state index in [1.807, 2.05) is 0 Å². The van der Waals surface area contributed by atoms with E-state index in [1.165, 1.54) is 33.7 Å². The van der Waals surface area contributed by atoms with Gasteiger partial charge in [0.05, 0.1) is 6.54 Å². The Morgan fingerprint density at radius 2 is 1.77 bits per heavy atom. The lowest BCUT2D eigenvalue weighted by Crippen LogP contribution is -2.31. The van der Waals surface area contributed by atoms with Crippen molar-refractivity contribution >= 4 is 29.2 Å². The normalized spacial score (nSPS) is 11.1. The first-order valence-electron chi connectivity index (χ1n) is 9.11. The minimum absolute atomic E-state index is 0.147. The number of carbonyl (C=O) groups is 1. The van der Waals surface area contributed by atoms with Crippen LogP contribution in [-0.4, -0.2) is 25.5 Å².